The molecule has 4 rings (SSSR count). The first-order valence-corrected chi connectivity index (χ1v) is 13.5. The van der Waals surface area contributed by atoms with Crippen molar-refractivity contribution in [3.05, 3.63) is 57.7 Å². The van der Waals surface area contributed by atoms with Crippen molar-refractivity contribution in [2.75, 3.05) is 6.54 Å². The molecule has 0 bridgehead atoms. The fourth-order valence-electron chi connectivity index (χ4n) is 4.64. The van der Waals surface area contributed by atoms with Crippen molar-refractivity contribution < 1.29 is 14.7 Å². The molecule has 2 aromatic heterocycles. The Balaban J connectivity index is 1.47. The summed E-state index contributed by atoms with van der Waals surface area (Å²) in [6.07, 6.45) is -0.483. The lowest BCUT2D eigenvalue weighted by Crippen LogP contribution is -2.48. The minimum absolute atomic E-state index is 0.0448. The number of aryl methyl sites for hydroxylation is 2. The Hall–Kier alpha value is -2.62. The van der Waals surface area contributed by atoms with Crippen molar-refractivity contribution >= 4 is 34.7 Å². The average Bonchev–Trinajstić information content (AvgIpc) is 3.53. The van der Waals surface area contributed by atoms with Gasteiger partial charge in [0, 0.05) is 17.8 Å². The minimum Gasteiger partial charge on any atom is -0.391 e. The van der Waals surface area contributed by atoms with Gasteiger partial charge in [-0.05, 0) is 55.4 Å². The first-order valence-electron chi connectivity index (χ1n) is 11.9. The fraction of sp³-hybridized carbons (Fsp3) is 0.462. The van der Waals surface area contributed by atoms with Crippen LogP contribution in [0.3, 0.4) is 0 Å². The second kappa shape index (κ2) is 10.6. The number of carbonyl (C=O) groups excluding carboxylic acids is 2. The summed E-state index contributed by atoms with van der Waals surface area (Å²) in [6.45, 7) is 9.99. The topological polar surface area (TPSA) is 95.4 Å². The third-order valence-corrected chi connectivity index (χ3v) is 8.47. The lowest BCUT2D eigenvalue weighted by molar-refractivity contribution is -0.140. The van der Waals surface area contributed by atoms with Gasteiger partial charge in [-0.25, -0.2) is 4.98 Å². The number of rotatable bonds is 7. The van der Waals surface area contributed by atoms with Crippen molar-refractivity contribution in [1.82, 2.24) is 19.6 Å². The molecule has 186 valence electrons. The summed E-state index contributed by atoms with van der Waals surface area (Å²) in [6, 6.07) is 9.09. The van der Waals surface area contributed by atoms with E-state index < -0.39 is 12.1 Å². The number of amides is 2. The maximum absolute atomic E-state index is 13.6. The molecule has 9 heteroatoms. The van der Waals surface area contributed by atoms with Crippen LogP contribution in [0.15, 0.2) is 35.8 Å². The number of thiazole rings is 1. The number of aliphatic hydroxyl groups is 1. The predicted octanol–water partition coefficient (Wildman–Crippen LogP) is 4.46. The summed E-state index contributed by atoms with van der Waals surface area (Å²) < 4.78 is 4.34. The zero-order chi connectivity index (χ0) is 25.3. The molecule has 0 spiro atoms. The number of hydrogen-bond acceptors (Lipinski definition) is 7. The van der Waals surface area contributed by atoms with E-state index in [0.717, 1.165) is 32.3 Å². The molecule has 7 nitrogen and oxygen atoms in total. The fourth-order valence-corrected chi connectivity index (χ4v) is 6.47. The van der Waals surface area contributed by atoms with E-state index in [1.807, 2.05) is 70.5 Å². The highest BCUT2D eigenvalue weighted by molar-refractivity contribution is 7.13. The van der Waals surface area contributed by atoms with E-state index in [1.165, 1.54) is 11.5 Å². The van der Waals surface area contributed by atoms with Crippen molar-refractivity contribution in [3.8, 4) is 10.4 Å². The summed E-state index contributed by atoms with van der Waals surface area (Å²) in [5.41, 5.74) is 5.79. The highest BCUT2D eigenvalue weighted by Crippen LogP contribution is 2.33. The predicted molar refractivity (Wildman–Crippen MR) is 139 cm³/mol. The monoisotopic (exact) mass is 512 g/mol. The molecule has 0 saturated carbocycles. The van der Waals surface area contributed by atoms with Crippen LogP contribution >= 0.6 is 22.9 Å². The normalized spacial score (nSPS) is 19.7. The lowest BCUT2D eigenvalue weighted by atomic mass is 9.92. The van der Waals surface area contributed by atoms with Gasteiger partial charge < -0.3 is 15.3 Å². The maximum Gasteiger partial charge on any atom is 0.243 e. The van der Waals surface area contributed by atoms with Crippen LogP contribution in [-0.2, 0) is 9.59 Å². The van der Waals surface area contributed by atoms with Gasteiger partial charge in [0.2, 0.25) is 11.8 Å². The number of β-amino-alcohol motifs (C(OH)–C–C–N with tert-alkyl or cyclic N) is 1. The van der Waals surface area contributed by atoms with E-state index in [-0.39, 0.29) is 42.7 Å². The number of benzene rings is 1. The second-order valence-electron chi connectivity index (χ2n) is 9.61. The van der Waals surface area contributed by atoms with Gasteiger partial charge in [-0.15, -0.1) is 11.3 Å². The van der Waals surface area contributed by atoms with Gasteiger partial charge in [-0.1, -0.05) is 38.1 Å². The first kappa shape index (κ1) is 25.5. The van der Waals surface area contributed by atoms with E-state index in [2.05, 4.69) is 14.7 Å². The van der Waals surface area contributed by atoms with Crippen LogP contribution in [0.25, 0.3) is 10.4 Å². The third-order valence-electron chi connectivity index (χ3n) is 6.53. The molecule has 3 aromatic rings. The zero-order valence-corrected chi connectivity index (χ0v) is 22.3. The first-order chi connectivity index (χ1) is 16.7. The third kappa shape index (κ3) is 5.47. The van der Waals surface area contributed by atoms with Crippen LogP contribution in [-0.4, -0.2) is 49.9 Å². The number of nitrogens with zero attached hydrogens (tertiary/aromatic N) is 3. The molecule has 4 atom stereocenters. The molecule has 1 aliphatic rings. The van der Waals surface area contributed by atoms with Crippen LogP contribution in [0.5, 0.6) is 0 Å². The van der Waals surface area contributed by atoms with E-state index in [9.17, 15) is 14.7 Å². The Bertz CT molecular complexity index is 1190. The molecule has 1 aromatic carbocycles. The van der Waals surface area contributed by atoms with Crippen molar-refractivity contribution in [2.45, 2.75) is 65.1 Å². The van der Waals surface area contributed by atoms with Crippen molar-refractivity contribution in [3.63, 3.8) is 0 Å². The Morgan fingerprint density at radius 1 is 1.17 bits per heavy atom. The Morgan fingerprint density at radius 2 is 1.89 bits per heavy atom. The molecule has 35 heavy (non-hydrogen) atoms. The zero-order valence-electron chi connectivity index (χ0n) is 20.7. The highest BCUT2D eigenvalue weighted by Gasteiger charge is 2.42. The van der Waals surface area contributed by atoms with Crippen LogP contribution in [0.2, 0.25) is 0 Å². The summed E-state index contributed by atoms with van der Waals surface area (Å²) in [5, 5.41) is 13.4. The Kier molecular flexibility index (Phi) is 7.68. The Morgan fingerprint density at radius 3 is 2.46 bits per heavy atom. The second-order valence-corrected chi connectivity index (χ2v) is 11.3. The molecule has 1 saturated heterocycles. The van der Waals surface area contributed by atoms with Crippen LogP contribution in [0, 0.1) is 19.8 Å². The SMILES string of the molecule is Cc1cc([C@H](C(=O)N2C[C@H](O)C[C@H]2C(=O)N[C@@H](C)c2ccc(-c3scnc3C)cc2)C(C)C)sn1. The smallest absolute Gasteiger partial charge is 0.243 e. The number of carbonyl (C=O) groups is 2. The van der Waals surface area contributed by atoms with Gasteiger partial charge in [-0.3, -0.25) is 9.59 Å². The molecule has 0 unspecified atom stereocenters. The number of hydrogen-bond donors (Lipinski definition) is 2. The molecule has 2 N–H and O–H groups in total. The van der Waals surface area contributed by atoms with E-state index in [0.29, 0.717) is 0 Å². The largest absolute Gasteiger partial charge is 0.391 e. The average molecular weight is 513 g/mol. The van der Waals surface area contributed by atoms with Gasteiger partial charge >= 0.3 is 0 Å². The number of nitrogens with one attached hydrogen (secondary N) is 1. The minimum atomic E-state index is -0.719. The molecular weight excluding hydrogens is 480 g/mol. The molecule has 0 aliphatic carbocycles. The highest BCUT2D eigenvalue weighted by atomic mass is 32.1. The van der Waals surface area contributed by atoms with Crippen LogP contribution in [0.4, 0.5) is 0 Å². The van der Waals surface area contributed by atoms with Gasteiger partial charge in [0.15, 0.2) is 0 Å². The number of aliphatic hydroxyl groups excluding tert-OH is 1. The summed E-state index contributed by atoms with van der Waals surface area (Å²) in [5.74, 6) is -0.713. The molecule has 1 aliphatic heterocycles. The van der Waals surface area contributed by atoms with Gasteiger partial charge in [-0.2, -0.15) is 4.37 Å². The quantitative estimate of drug-likeness (QED) is 0.487. The van der Waals surface area contributed by atoms with E-state index in [4.69, 9.17) is 0 Å². The summed E-state index contributed by atoms with van der Waals surface area (Å²) in [7, 11) is 0. The van der Waals surface area contributed by atoms with Gasteiger partial charge in [0.25, 0.3) is 0 Å². The molecule has 2 amide bonds. The van der Waals surface area contributed by atoms with Gasteiger partial charge in [0.1, 0.15) is 6.04 Å². The lowest BCUT2D eigenvalue weighted by Gasteiger charge is -2.30. The summed E-state index contributed by atoms with van der Waals surface area (Å²) >= 11 is 2.93. The van der Waals surface area contributed by atoms with E-state index >= 15 is 0 Å². The van der Waals surface area contributed by atoms with Gasteiger partial charge in [0.05, 0.1) is 39.8 Å². The maximum atomic E-state index is 13.6. The van der Waals surface area contributed by atoms with Crippen molar-refractivity contribution in [1.29, 1.82) is 0 Å². The molecule has 1 fully saturated rings. The summed E-state index contributed by atoms with van der Waals surface area (Å²) in [4.78, 5) is 34.8. The Labute approximate surface area is 214 Å². The molecule has 3 heterocycles. The standard InChI is InChI=1S/C26H32N4O3S2/c1-14(2)23(22-10-15(3)29-35-22)26(33)30-12-20(31)11-21(30)25(32)28-16(4)18-6-8-19(9-7-18)24-17(5)27-13-34-24/h6-10,13-14,16,20-21,23,31H,11-12H2,1-5H3,(H,28,32)/t16-,20+,21-,23+/m0/s1. The van der Waals surface area contributed by atoms with Crippen LogP contribution < -0.4 is 5.32 Å². The van der Waals surface area contributed by atoms with Crippen LogP contribution in [0.1, 0.15) is 61.0 Å². The number of likely N-dealkylation sites (tertiary alicyclic amines) is 1. The van der Waals surface area contributed by atoms with Crippen molar-refractivity contribution in [2.24, 2.45) is 5.92 Å². The molecular formula is C26H32N4O3S2. The number of aromatic nitrogens is 2. The molecule has 0 radical (unpaired) electrons. The van der Waals surface area contributed by atoms with E-state index in [1.54, 1.807) is 16.2 Å².